The molecule has 9 aromatic carbocycles. The van der Waals surface area contributed by atoms with E-state index in [-0.39, 0.29) is 44.9 Å². The Morgan fingerprint density at radius 3 is 1.95 bits per heavy atom. The summed E-state index contributed by atoms with van der Waals surface area (Å²) in [6.07, 6.45) is -2.08. The summed E-state index contributed by atoms with van der Waals surface area (Å²) in [5.74, 6) is -0.325. The zero-order valence-corrected chi connectivity index (χ0v) is 46.2. The molecular weight excluding hydrogens is 1140 g/mol. The van der Waals surface area contributed by atoms with Gasteiger partial charge >= 0.3 is 428 Å². The molecule has 0 spiro atoms. The maximum atomic E-state index is 9.78. The second kappa shape index (κ2) is 18.4. The van der Waals surface area contributed by atoms with E-state index >= 15 is 0 Å². The molecule has 0 aliphatic carbocycles. The fraction of sp³-hybridized carbons (Fsp3) is 0.155. The molecule has 2 aromatic heterocycles. The fourth-order valence-electron chi connectivity index (χ4n) is 11.6. The van der Waals surface area contributed by atoms with Crippen molar-refractivity contribution >= 4 is 46.4 Å². The third-order valence-electron chi connectivity index (χ3n) is 14.9. The standard InChI is InChI=1S/C71H60BN5O.Pt/c1-45-22-12-13-27-52(45)59-42-58-55-30-21-29-54-53-28-14-15-31-60(53)76-63-34-18-19-35-64(63)77(72(76)66(54)55)68(58)73-69(59)78-65-41-51(37-36-46(65)2)74-44-75(62-33-17-16-32-61(62)74)67-56(48-23-10-9-11-24-48)38-47(43-70(3,4)5)39-57(67)49-25-20-26-50(40-49)71(6,7)8;/h9-42H,43H2,1-8H3;/i1D3,2D3,9D,10D,11D,12D,13D,22D,23D,24D,27D,43D2;. The van der Waals surface area contributed by atoms with Crippen molar-refractivity contribution < 1.29 is 47.4 Å². The molecule has 0 saturated carbocycles. The van der Waals surface area contributed by atoms with Gasteiger partial charge in [-0.3, -0.25) is 0 Å². The van der Waals surface area contributed by atoms with Crippen molar-refractivity contribution in [1.29, 1.82) is 0 Å². The van der Waals surface area contributed by atoms with E-state index in [0.717, 1.165) is 39.2 Å². The van der Waals surface area contributed by atoms with Gasteiger partial charge in [0.15, 0.2) is 0 Å². The molecule has 14 rings (SSSR count). The number of hydrogen-bond donors (Lipinski definition) is 0. The first-order valence-electron chi connectivity index (χ1n) is 34.6. The van der Waals surface area contributed by atoms with Gasteiger partial charge in [-0.15, -0.1) is 0 Å². The first kappa shape index (κ1) is 33.9. The van der Waals surface area contributed by atoms with E-state index in [0.29, 0.717) is 54.3 Å². The number of aryl methyl sites for hydroxylation is 1. The maximum absolute atomic E-state index is 9.78. The number of benzene rings is 9. The number of anilines is 4. The van der Waals surface area contributed by atoms with E-state index in [9.17, 15) is 8.22 Å². The summed E-state index contributed by atoms with van der Waals surface area (Å²) in [7, 11) is 0. The number of pyridine rings is 1. The third kappa shape index (κ3) is 8.02. The Morgan fingerprint density at radius 1 is 0.557 bits per heavy atom. The molecule has 0 saturated heterocycles. The van der Waals surface area contributed by atoms with E-state index in [1.165, 1.54) is 12.1 Å². The van der Waals surface area contributed by atoms with Crippen molar-refractivity contribution in [3.63, 3.8) is 0 Å². The topological polar surface area (TPSA) is 38.5 Å². The predicted octanol–water partition coefficient (Wildman–Crippen LogP) is 17.8. The summed E-state index contributed by atoms with van der Waals surface area (Å²) in [5.41, 5.74) is 7.45. The quantitative estimate of drug-likeness (QED) is 0.142. The van der Waals surface area contributed by atoms with Crippen molar-refractivity contribution in [2.45, 2.75) is 67.0 Å². The SMILES string of the molecule is [2H]c1c([2H])c([2H])c(-c2cc(C([2H])([2H])C(C)(C)C)cc(-c3cccc(C(C)(C)C)c3)c2-n2[c](=[Pt])n(-c3ccc(C([2H])([2H])[2H])c(Oc4nc5c(cc4-c4c([2H])c([2H])c([2H])c([2H])c4C([2H])([2H])[2H])-c4cccc6c4B4N(c7ccccc7-6)c6ccccc6N45)c3)c3ccccc32)c([2H])c1[2H]. The monoisotopic (exact) mass is 1220 g/mol. The van der Waals surface area contributed by atoms with Gasteiger partial charge < -0.3 is 0 Å². The molecule has 0 amide bonds. The summed E-state index contributed by atoms with van der Waals surface area (Å²) in [4.78, 5) is 9.66. The summed E-state index contributed by atoms with van der Waals surface area (Å²) in [5, 5.41) is 0. The summed E-state index contributed by atoms with van der Waals surface area (Å²) in [6.45, 7) is 4.97. The number of aromatic nitrogens is 3. The van der Waals surface area contributed by atoms with Gasteiger partial charge in [0.2, 0.25) is 0 Å². The van der Waals surface area contributed by atoms with Gasteiger partial charge in [0.1, 0.15) is 0 Å². The van der Waals surface area contributed by atoms with E-state index in [4.69, 9.17) is 24.8 Å². The third-order valence-corrected chi connectivity index (χ3v) is 16.0. The predicted molar refractivity (Wildman–Crippen MR) is 325 cm³/mol. The Balaban J connectivity index is 1.06. The summed E-state index contributed by atoms with van der Waals surface area (Å²) in [6, 6.07) is 40.6. The zero-order chi connectivity index (χ0) is 68.7. The average molecular weight is 1220 g/mol. The van der Waals surface area contributed by atoms with E-state index in [2.05, 4.69) is 61.9 Å². The summed E-state index contributed by atoms with van der Waals surface area (Å²) < 4.78 is 167. The van der Waals surface area contributed by atoms with Crippen molar-refractivity contribution in [3.8, 4) is 78.6 Å². The fourth-order valence-corrected chi connectivity index (χ4v) is 12.7. The molecule has 11 aromatic rings. The number of hydrogen-bond acceptors (Lipinski definition) is 4. The summed E-state index contributed by atoms with van der Waals surface area (Å²) >= 11 is 2.14. The molecule has 0 bridgehead atoms. The van der Waals surface area contributed by atoms with Crippen LogP contribution < -0.4 is 19.8 Å². The van der Waals surface area contributed by atoms with Crippen molar-refractivity contribution in [2.24, 2.45) is 5.41 Å². The molecule has 0 atom stereocenters. The molecule has 388 valence electrons. The number of rotatable bonds is 8. The number of fused-ring (bicyclic) bond motifs is 10. The molecule has 0 radical (unpaired) electrons. The number of imidazole rings is 1. The number of ether oxygens (including phenoxy) is 1. The van der Waals surface area contributed by atoms with Crippen molar-refractivity contribution in [1.82, 2.24) is 14.1 Å². The Bertz CT molecular complexity index is 5230. The number of para-hydroxylation sites is 5. The van der Waals surface area contributed by atoms with Gasteiger partial charge in [0, 0.05) is 11.3 Å². The van der Waals surface area contributed by atoms with Crippen LogP contribution in [0.25, 0.3) is 78.0 Å². The Morgan fingerprint density at radius 2 is 1.20 bits per heavy atom. The van der Waals surface area contributed by atoms with Crippen LogP contribution in [-0.4, -0.2) is 21.1 Å². The minimum atomic E-state index is -3.14. The van der Waals surface area contributed by atoms with Crippen LogP contribution in [0.15, 0.2) is 206 Å². The first-order chi connectivity index (χ1) is 45.1. The Kier molecular flexibility index (Phi) is 7.91. The second-order valence-corrected chi connectivity index (χ2v) is 23.2. The van der Waals surface area contributed by atoms with Crippen LogP contribution in [0, 0.1) is 22.9 Å². The zero-order valence-electron chi connectivity index (χ0n) is 61.0. The Labute approximate surface area is 498 Å². The molecule has 6 nitrogen and oxygen atoms in total. The van der Waals surface area contributed by atoms with Gasteiger partial charge in [-0.25, -0.2) is 0 Å². The normalized spacial score (nSPS) is 16.7. The minimum absolute atomic E-state index is 0.128. The van der Waals surface area contributed by atoms with Crippen molar-refractivity contribution in [2.75, 3.05) is 9.62 Å². The van der Waals surface area contributed by atoms with Crippen LogP contribution in [0.5, 0.6) is 11.6 Å². The van der Waals surface area contributed by atoms with Gasteiger partial charge in [0.25, 0.3) is 0 Å². The second-order valence-electron chi connectivity index (χ2n) is 22.2. The van der Waals surface area contributed by atoms with E-state index < -0.39 is 98.0 Å². The molecule has 3 aliphatic rings. The molecule has 5 heterocycles. The van der Waals surface area contributed by atoms with E-state index in [1.54, 1.807) is 45.0 Å². The van der Waals surface area contributed by atoms with Gasteiger partial charge in [-0.05, 0) is 17.7 Å². The molecule has 3 aliphatic heterocycles. The van der Waals surface area contributed by atoms with Crippen LogP contribution >= 0.6 is 0 Å². The Hall–Kier alpha value is -8.25. The van der Waals surface area contributed by atoms with Crippen LogP contribution in [0.1, 0.15) is 87.1 Å². The van der Waals surface area contributed by atoms with E-state index in [1.807, 2.05) is 112 Å². The molecular formula is C71H60BN5OPt. The van der Waals surface area contributed by atoms with Crippen LogP contribution in [0.3, 0.4) is 0 Å². The number of nitrogens with zero attached hydrogens (tertiary/aromatic N) is 5. The molecule has 8 heteroatoms. The van der Waals surface area contributed by atoms with Crippen LogP contribution in [0.4, 0.5) is 22.9 Å². The van der Waals surface area contributed by atoms with Gasteiger partial charge in [-0.2, -0.15) is 0 Å². The van der Waals surface area contributed by atoms with Gasteiger partial charge in [0.05, 0.1) is 1.37 Å². The molecule has 0 N–H and O–H groups in total. The first-order valence-corrected chi connectivity index (χ1v) is 27.2. The molecule has 0 fully saturated rings. The molecule has 0 unspecified atom stereocenters. The van der Waals surface area contributed by atoms with Crippen LogP contribution in [-0.2, 0) is 31.1 Å². The van der Waals surface area contributed by atoms with Crippen molar-refractivity contribution in [3.05, 3.63) is 232 Å². The van der Waals surface area contributed by atoms with Gasteiger partial charge in [-0.1, -0.05) is 42.5 Å². The van der Waals surface area contributed by atoms with Crippen LogP contribution in [0.2, 0.25) is 0 Å². The molecule has 79 heavy (non-hydrogen) atoms. The average Bonchev–Trinajstić information content (AvgIpc) is 1.46.